The number of hydrogen-bond acceptors (Lipinski definition) is 16. The maximum Gasteiger partial charge on any atom is 0.335 e. The van der Waals surface area contributed by atoms with Crippen molar-refractivity contribution in [3.05, 3.63) is 143 Å². The molecule has 24 nitrogen and oxygen atoms in total. The molecule has 0 aliphatic carbocycles. The van der Waals surface area contributed by atoms with Gasteiger partial charge in [0, 0.05) is 33.3 Å². The number of aromatic carboxylic acids is 4. The maximum atomic E-state index is 13.3. The second-order valence-corrected chi connectivity index (χ2v) is 17.4. The molecule has 0 bridgehead atoms. The molecule has 0 radical (unpaired) electrons. The molecule has 0 saturated heterocycles. The quantitative estimate of drug-likeness (QED) is 0.0364. The molecule has 0 spiro atoms. The van der Waals surface area contributed by atoms with Crippen LogP contribution >= 0.6 is 0 Å². The lowest BCUT2D eigenvalue weighted by molar-refractivity contribution is 0.0676. The normalized spacial score (nSPS) is 11.8. The van der Waals surface area contributed by atoms with Crippen LogP contribution < -0.4 is 10.6 Å². The van der Waals surface area contributed by atoms with E-state index in [0.29, 0.717) is 0 Å². The minimum atomic E-state index is -5.14. The molecule has 7 aromatic carbocycles. The average Bonchev–Trinajstić information content (AvgIpc) is 3.29. The molecule has 7 rings (SSSR count). The van der Waals surface area contributed by atoms with Gasteiger partial charge in [-0.25, -0.2) is 19.2 Å². The zero-order chi connectivity index (χ0) is 51.0. The van der Waals surface area contributed by atoms with Gasteiger partial charge in [0.05, 0.1) is 33.6 Å². The van der Waals surface area contributed by atoms with Crippen molar-refractivity contribution >= 4 is 112 Å². The van der Waals surface area contributed by atoms with Gasteiger partial charge in [-0.15, -0.1) is 10.2 Å². The number of rotatable bonds is 14. The Kier molecular flexibility index (Phi) is 12.9. The van der Waals surface area contributed by atoms with E-state index in [-0.39, 0.29) is 55.4 Å². The van der Waals surface area contributed by atoms with Gasteiger partial charge in [-0.05, 0) is 120 Å². The number of aromatic hydroxyl groups is 2. The van der Waals surface area contributed by atoms with Crippen molar-refractivity contribution in [1.82, 2.24) is 0 Å². The summed E-state index contributed by atoms with van der Waals surface area (Å²) in [6.45, 7) is 0. The van der Waals surface area contributed by atoms with Gasteiger partial charge in [0.1, 0.15) is 21.2 Å². The zero-order valence-electron chi connectivity index (χ0n) is 34.7. The molecule has 2 amide bonds. The topological polar surface area (TPSA) is 406 Å². The first-order valence-electron chi connectivity index (χ1n) is 19.2. The van der Waals surface area contributed by atoms with Gasteiger partial charge in [0.15, 0.2) is 11.5 Å². The number of hydrogen-bond donors (Lipinski definition) is 10. The number of anilines is 2. The molecule has 70 heavy (non-hydrogen) atoms. The van der Waals surface area contributed by atoms with Crippen LogP contribution in [-0.4, -0.2) is 92.3 Å². The number of carboxylic acid groups (broad SMARTS) is 4. The molecule has 0 atom stereocenters. The van der Waals surface area contributed by atoms with Gasteiger partial charge >= 0.3 is 23.9 Å². The first kappa shape index (κ1) is 48.4. The molecule has 26 heteroatoms. The number of carbonyl (C=O) groups is 6. The Balaban J connectivity index is 1.09. The van der Waals surface area contributed by atoms with Crippen molar-refractivity contribution in [1.29, 1.82) is 0 Å². The van der Waals surface area contributed by atoms with Gasteiger partial charge in [-0.2, -0.15) is 27.1 Å². The Morgan fingerprint density at radius 1 is 0.400 bits per heavy atom. The highest BCUT2D eigenvalue weighted by Gasteiger charge is 2.25. The highest BCUT2D eigenvalue weighted by Crippen LogP contribution is 2.44. The smallest absolute Gasteiger partial charge is 0.335 e. The number of carboxylic acids is 4. The van der Waals surface area contributed by atoms with E-state index in [2.05, 4.69) is 31.1 Å². The largest absolute Gasteiger partial charge is 0.505 e. The van der Waals surface area contributed by atoms with E-state index < -0.39 is 111 Å². The van der Waals surface area contributed by atoms with E-state index in [9.17, 15) is 85.3 Å². The van der Waals surface area contributed by atoms with E-state index in [1.165, 1.54) is 60.7 Å². The van der Waals surface area contributed by atoms with Crippen molar-refractivity contribution in [2.24, 2.45) is 20.5 Å². The van der Waals surface area contributed by atoms with Crippen LogP contribution in [0.25, 0.3) is 21.5 Å². The van der Waals surface area contributed by atoms with E-state index >= 15 is 0 Å². The number of benzene rings is 7. The molecular weight excluding hydrogens is 965 g/mol. The molecule has 0 aliphatic rings. The number of phenols is 2. The Bertz CT molecular complexity index is 3440. The molecule has 10 N–H and O–H groups in total. The molecule has 0 fully saturated rings. The second kappa shape index (κ2) is 18.6. The molecule has 7 aromatic rings. The SMILES string of the molecule is O=C(O)c1cc(N=Nc2c(S(=O)(=O)O)cc3cc(NC(=O)c4ccc(C(=O)Nc5ccc6c(O)c(N=Nc7cc(C(=O)O)cc(C(=O)O)c7)c(S(=O)(=O)O)cc6c5)cc4)ccc3c2O)cc(C(=O)O)c1. The number of fused-ring (bicyclic) bond motifs is 2. The van der Waals surface area contributed by atoms with Crippen LogP contribution in [0, 0.1) is 0 Å². The van der Waals surface area contributed by atoms with Crippen molar-refractivity contribution in [2.45, 2.75) is 9.79 Å². The number of nitrogens with zero attached hydrogens (tertiary/aromatic N) is 4. The lowest BCUT2D eigenvalue weighted by Crippen LogP contribution is -2.14. The number of phenolic OH excluding ortho intramolecular Hbond substituents is 2. The molecular formula is C44H28N6O18S2. The van der Waals surface area contributed by atoms with Crippen molar-refractivity contribution in [3.8, 4) is 11.5 Å². The van der Waals surface area contributed by atoms with E-state index in [1.807, 2.05) is 0 Å². The first-order chi connectivity index (χ1) is 32.9. The lowest BCUT2D eigenvalue weighted by Gasteiger charge is -2.12. The van der Waals surface area contributed by atoms with Crippen LogP contribution in [0.5, 0.6) is 11.5 Å². The lowest BCUT2D eigenvalue weighted by atomic mass is 10.1. The molecule has 0 aromatic heterocycles. The fraction of sp³-hybridized carbons (Fsp3) is 0. The van der Waals surface area contributed by atoms with E-state index in [4.69, 9.17) is 0 Å². The van der Waals surface area contributed by atoms with Crippen LogP contribution in [-0.2, 0) is 20.2 Å². The van der Waals surface area contributed by atoms with Gasteiger partial charge in [0.2, 0.25) is 0 Å². The van der Waals surface area contributed by atoms with E-state index in [0.717, 1.165) is 48.5 Å². The van der Waals surface area contributed by atoms with Crippen LogP contribution in [0.1, 0.15) is 62.1 Å². The van der Waals surface area contributed by atoms with E-state index in [1.54, 1.807) is 0 Å². The second-order valence-electron chi connectivity index (χ2n) is 14.6. The predicted octanol–water partition coefficient (Wildman–Crippen LogP) is 8.03. The molecule has 354 valence electrons. The highest BCUT2D eigenvalue weighted by atomic mass is 32.2. The summed E-state index contributed by atoms with van der Waals surface area (Å²) < 4.78 is 69.7. The fourth-order valence-corrected chi connectivity index (χ4v) is 7.99. The third kappa shape index (κ3) is 10.4. The summed E-state index contributed by atoms with van der Waals surface area (Å²) in [6, 6.07) is 20.0. The Morgan fingerprint density at radius 3 is 1.00 bits per heavy atom. The van der Waals surface area contributed by atoms with Gasteiger partial charge in [-0.3, -0.25) is 18.7 Å². The summed E-state index contributed by atoms with van der Waals surface area (Å²) >= 11 is 0. The maximum absolute atomic E-state index is 13.3. The predicted molar refractivity (Wildman–Crippen MR) is 242 cm³/mol. The van der Waals surface area contributed by atoms with Crippen molar-refractivity contribution < 1.29 is 85.3 Å². The average molecular weight is 993 g/mol. The summed E-state index contributed by atoms with van der Waals surface area (Å²) in [4.78, 5) is 70.6. The van der Waals surface area contributed by atoms with Crippen LogP contribution in [0.3, 0.4) is 0 Å². The minimum Gasteiger partial charge on any atom is -0.505 e. The summed E-state index contributed by atoms with van der Waals surface area (Å²) in [5.74, 6) is -9.08. The van der Waals surface area contributed by atoms with Gasteiger partial charge < -0.3 is 41.3 Å². The van der Waals surface area contributed by atoms with Gasteiger partial charge in [0.25, 0.3) is 32.1 Å². The van der Waals surface area contributed by atoms with Crippen molar-refractivity contribution in [3.63, 3.8) is 0 Å². The number of nitrogens with one attached hydrogen (secondary N) is 2. The minimum absolute atomic E-state index is 0.0238. The van der Waals surface area contributed by atoms with Crippen LogP contribution in [0.4, 0.5) is 34.1 Å². The summed E-state index contributed by atoms with van der Waals surface area (Å²) in [6.07, 6.45) is 0. The summed E-state index contributed by atoms with van der Waals surface area (Å²) in [5.41, 5.74) is -4.01. The molecule has 0 unspecified atom stereocenters. The number of amides is 2. The van der Waals surface area contributed by atoms with Crippen LogP contribution in [0.15, 0.2) is 139 Å². The Morgan fingerprint density at radius 2 is 0.714 bits per heavy atom. The third-order valence-corrected chi connectivity index (χ3v) is 11.7. The molecule has 0 saturated carbocycles. The van der Waals surface area contributed by atoms with Gasteiger partial charge in [-0.1, -0.05) is 0 Å². The number of carbonyl (C=O) groups excluding carboxylic acids is 2. The monoisotopic (exact) mass is 992 g/mol. The standard InChI is InChI=1S/C44H28N6O18S2/c51-37-31-7-5-27(11-21(31)17-33(69(63,64)65)35(37)49-47-29-13-23(41(55)56)9-24(14-29)42(57)58)45-39(53)19-1-2-20(4-3-19)40(54)46-28-6-8-32-22(12-28)18-34(70(66,67)68)36(38(32)52)50-48-30-15-25(43(59)60)10-26(16-30)44(61)62/h1-18,51-52H,(H,45,53)(H,46,54)(H,55,56)(H,57,58)(H,59,60)(H,61,62)(H,63,64,65)(H,66,67,68). The summed E-state index contributed by atoms with van der Waals surface area (Å²) in [5, 5.41) is 79.2. The zero-order valence-corrected chi connectivity index (χ0v) is 36.3. The first-order valence-corrected chi connectivity index (χ1v) is 22.1. The fourth-order valence-electron chi connectivity index (χ4n) is 6.67. The highest BCUT2D eigenvalue weighted by molar-refractivity contribution is 7.86. The molecule has 0 heterocycles. The number of azo groups is 2. The Labute approximate surface area is 390 Å². The summed E-state index contributed by atoms with van der Waals surface area (Å²) in [7, 11) is -10.3. The van der Waals surface area contributed by atoms with Crippen molar-refractivity contribution in [2.75, 3.05) is 10.6 Å². The third-order valence-electron chi connectivity index (χ3n) is 9.94. The Hall–Kier alpha value is -9.50. The van der Waals surface area contributed by atoms with Crippen LogP contribution in [0.2, 0.25) is 0 Å². The molecule has 0 aliphatic heterocycles.